The number of carbonyl (C=O) groups excluding carboxylic acids is 1. The molecule has 0 aliphatic heterocycles. The van der Waals surface area contributed by atoms with Crippen LogP contribution in [0.1, 0.15) is 56.0 Å². The van der Waals surface area contributed by atoms with Gasteiger partial charge in [0.2, 0.25) is 11.0 Å². The van der Waals surface area contributed by atoms with Crippen molar-refractivity contribution >= 4 is 50.5 Å². The molecule has 0 saturated heterocycles. The fourth-order valence-corrected chi connectivity index (χ4v) is 6.13. The van der Waals surface area contributed by atoms with E-state index in [0.717, 1.165) is 47.3 Å². The fourth-order valence-electron chi connectivity index (χ4n) is 2.99. The van der Waals surface area contributed by atoms with Crippen LogP contribution in [0, 0.1) is 17.2 Å². The first-order valence-electron chi connectivity index (χ1n) is 9.57. The minimum atomic E-state index is -0.320. The molecular formula is C19H25N5OS3. The van der Waals surface area contributed by atoms with Crippen molar-refractivity contribution in [2.75, 3.05) is 17.2 Å². The number of hydrogen-bond donors (Lipinski definition) is 2. The van der Waals surface area contributed by atoms with Crippen molar-refractivity contribution in [1.82, 2.24) is 10.2 Å². The van der Waals surface area contributed by atoms with E-state index in [9.17, 15) is 10.1 Å². The number of anilines is 2. The van der Waals surface area contributed by atoms with E-state index in [-0.39, 0.29) is 11.2 Å². The molecule has 0 radical (unpaired) electrons. The van der Waals surface area contributed by atoms with Crippen molar-refractivity contribution in [2.24, 2.45) is 5.92 Å². The first-order chi connectivity index (χ1) is 13.5. The lowest BCUT2D eigenvalue weighted by molar-refractivity contribution is -0.115. The summed E-state index contributed by atoms with van der Waals surface area (Å²) in [6.07, 6.45) is 5.42. The summed E-state index contributed by atoms with van der Waals surface area (Å²) in [7, 11) is 0. The molecule has 0 saturated carbocycles. The smallest absolute Gasteiger partial charge is 0.238 e. The zero-order chi connectivity index (χ0) is 20.1. The standard InChI is InChI=1S/C19H25N5OS3/c1-11(2)10-21-18-23-24-19(28-18)26-12(3)16(25)22-17-14(9-20)13-7-5-4-6-8-15(13)27-17/h11-12H,4-8,10H2,1-3H3,(H,21,23)(H,22,25)/t12-/m1/s1. The molecule has 2 aromatic heterocycles. The molecule has 0 aromatic carbocycles. The van der Waals surface area contributed by atoms with Gasteiger partial charge in [-0.3, -0.25) is 4.79 Å². The van der Waals surface area contributed by atoms with Crippen molar-refractivity contribution in [2.45, 2.75) is 62.5 Å². The highest BCUT2D eigenvalue weighted by molar-refractivity contribution is 8.02. The van der Waals surface area contributed by atoms with Gasteiger partial charge in [0.1, 0.15) is 11.1 Å². The van der Waals surface area contributed by atoms with Crippen LogP contribution in [0.3, 0.4) is 0 Å². The molecule has 2 heterocycles. The normalized spacial score (nSPS) is 14.8. The maximum absolute atomic E-state index is 12.7. The first-order valence-corrected chi connectivity index (χ1v) is 12.1. The van der Waals surface area contributed by atoms with Gasteiger partial charge < -0.3 is 10.6 Å². The quantitative estimate of drug-likeness (QED) is 0.473. The lowest BCUT2D eigenvalue weighted by Crippen LogP contribution is -2.22. The van der Waals surface area contributed by atoms with Gasteiger partial charge in [-0.15, -0.1) is 21.5 Å². The van der Waals surface area contributed by atoms with Crippen LogP contribution in [0.2, 0.25) is 0 Å². The number of thiophene rings is 1. The lowest BCUT2D eigenvalue weighted by atomic mass is 10.1. The SMILES string of the molecule is CC(C)CNc1nnc(S[C@H](C)C(=O)Nc2sc3c(c2C#N)CCCCC3)s1. The third-order valence-electron chi connectivity index (χ3n) is 4.48. The summed E-state index contributed by atoms with van der Waals surface area (Å²) in [6, 6.07) is 2.31. The number of amides is 1. The molecule has 1 aliphatic carbocycles. The molecule has 9 heteroatoms. The van der Waals surface area contributed by atoms with Crippen LogP contribution in [-0.2, 0) is 17.6 Å². The summed E-state index contributed by atoms with van der Waals surface area (Å²) in [4.78, 5) is 14.0. The monoisotopic (exact) mass is 435 g/mol. The third kappa shape index (κ3) is 5.25. The summed E-state index contributed by atoms with van der Waals surface area (Å²) < 4.78 is 0.761. The minimum Gasteiger partial charge on any atom is -0.360 e. The predicted molar refractivity (Wildman–Crippen MR) is 117 cm³/mol. The summed E-state index contributed by atoms with van der Waals surface area (Å²) in [5.74, 6) is 0.421. The van der Waals surface area contributed by atoms with Gasteiger partial charge in [-0.25, -0.2) is 0 Å². The Morgan fingerprint density at radius 3 is 2.75 bits per heavy atom. The number of rotatable bonds is 7. The Balaban J connectivity index is 1.63. The molecule has 150 valence electrons. The van der Waals surface area contributed by atoms with E-state index in [2.05, 4.69) is 40.7 Å². The second kappa shape index (κ2) is 9.72. The number of aryl methyl sites for hydroxylation is 1. The molecule has 2 aromatic rings. The Kier molecular flexibility index (Phi) is 7.32. The highest BCUT2D eigenvalue weighted by atomic mass is 32.2. The number of hydrogen-bond acceptors (Lipinski definition) is 8. The second-order valence-electron chi connectivity index (χ2n) is 7.28. The summed E-state index contributed by atoms with van der Waals surface area (Å²) in [6.45, 7) is 6.97. The first kappa shape index (κ1) is 21.1. The van der Waals surface area contributed by atoms with E-state index in [4.69, 9.17) is 0 Å². The molecule has 0 bridgehead atoms. The van der Waals surface area contributed by atoms with Crippen LogP contribution in [0.25, 0.3) is 0 Å². The Bertz CT molecular complexity index is 868. The van der Waals surface area contributed by atoms with E-state index < -0.39 is 0 Å². The number of aromatic nitrogens is 2. The van der Waals surface area contributed by atoms with E-state index in [1.807, 2.05) is 6.92 Å². The number of carbonyl (C=O) groups is 1. The zero-order valence-electron chi connectivity index (χ0n) is 16.4. The Hall–Kier alpha value is -1.63. The molecular weight excluding hydrogens is 410 g/mol. The lowest BCUT2D eigenvalue weighted by Gasteiger charge is -2.09. The Morgan fingerprint density at radius 1 is 1.21 bits per heavy atom. The van der Waals surface area contributed by atoms with Crippen molar-refractivity contribution in [1.29, 1.82) is 5.26 Å². The summed E-state index contributed by atoms with van der Waals surface area (Å²) >= 11 is 4.42. The van der Waals surface area contributed by atoms with Crippen molar-refractivity contribution in [3.05, 3.63) is 16.0 Å². The van der Waals surface area contributed by atoms with Gasteiger partial charge >= 0.3 is 0 Å². The van der Waals surface area contributed by atoms with Gasteiger partial charge in [0.15, 0.2) is 4.34 Å². The highest BCUT2D eigenvalue weighted by Crippen LogP contribution is 2.37. The second-order valence-corrected chi connectivity index (χ2v) is 10.9. The number of fused-ring (bicyclic) bond motifs is 1. The average Bonchev–Trinajstić information content (AvgIpc) is 3.16. The summed E-state index contributed by atoms with van der Waals surface area (Å²) in [5, 5.41) is 25.3. The topological polar surface area (TPSA) is 90.7 Å². The van der Waals surface area contributed by atoms with Crippen LogP contribution >= 0.6 is 34.4 Å². The van der Waals surface area contributed by atoms with Crippen LogP contribution in [0.4, 0.5) is 10.1 Å². The maximum atomic E-state index is 12.7. The molecule has 2 N–H and O–H groups in total. The number of nitriles is 1. The third-order valence-corrected chi connectivity index (χ3v) is 7.76. The molecule has 1 aliphatic rings. The molecule has 6 nitrogen and oxygen atoms in total. The maximum Gasteiger partial charge on any atom is 0.238 e. The van der Waals surface area contributed by atoms with Gasteiger partial charge in [-0.1, -0.05) is 43.4 Å². The van der Waals surface area contributed by atoms with E-state index in [0.29, 0.717) is 16.5 Å². The molecule has 28 heavy (non-hydrogen) atoms. The van der Waals surface area contributed by atoms with Gasteiger partial charge in [0, 0.05) is 11.4 Å². The van der Waals surface area contributed by atoms with Gasteiger partial charge in [0.25, 0.3) is 0 Å². The molecule has 1 atom stereocenters. The van der Waals surface area contributed by atoms with Gasteiger partial charge in [0.05, 0.1) is 10.8 Å². The van der Waals surface area contributed by atoms with Crippen LogP contribution in [-0.4, -0.2) is 27.9 Å². The zero-order valence-corrected chi connectivity index (χ0v) is 18.8. The molecule has 0 unspecified atom stereocenters. The van der Waals surface area contributed by atoms with Crippen LogP contribution < -0.4 is 10.6 Å². The largest absolute Gasteiger partial charge is 0.360 e. The van der Waals surface area contributed by atoms with E-state index in [1.54, 1.807) is 11.3 Å². The summed E-state index contributed by atoms with van der Waals surface area (Å²) in [5.41, 5.74) is 1.80. The Labute approximate surface area is 178 Å². The number of nitrogens with zero attached hydrogens (tertiary/aromatic N) is 3. The minimum absolute atomic E-state index is 0.107. The van der Waals surface area contributed by atoms with Crippen LogP contribution in [0.5, 0.6) is 0 Å². The van der Waals surface area contributed by atoms with E-state index >= 15 is 0 Å². The van der Waals surface area contributed by atoms with Gasteiger partial charge in [-0.2, -0.15) is 5.26 Å². The molecule has 3 rings (SSSR count). The molecule has 1 amide bonds. The van der Waals surface area contributed by atoms with Crippen LogP contribution in [0.15, 0.2) is 4.34 Å². The predicted octanol–water partition coefficient (Wildman–Crippen LogP) is 4.93. The highest BCUT2D eigenvalue weighted by Gasteiger charge is 2.23. The average molecular weight is 436 g/mol. The Morgan fingerprint density at radius 2 is 2.00 bits per heavy atom. The number of thioether (sulfide) groups is 1. The van der Waals surface area contributed by atoms with Crippen molar-refractivity contribution in [3.8, 4) is 6.07 Å². The molecule has 0 spiro atoms. The molecule has 0 fully saturated rings. The van der Waals surface area contributed by atoms with E-state index in [1.165, 1.54) is 34.4 Å². The fraction of sp³-hybridized carbons (Fsp3) is 0.579. The van der Waals surface area contributed by atoms with Gasteiger partial charge in [-0.05, 0) is 44.1 Å². The van der Waals surface area contributed by atoms with Crippen molar-refractivity contribution in [3.63, 3.8) is 0 Å². The number of nitrogens with one attached hydrogen (secondary N) is 2. The van der Waals surface area contributed by atoms with Crippen molar-refractivity contribution < 1.29 is 4.79 Å².